The number of carbonyl (C=O) groups excluding carboxylic acids is 1. The number of nitrogens with two attached hydrogens (primary N) is 1. The van der Waals surface area contributed by atoms with Gasteiger partial charge in [0, 0.05) is 31.0 Å². The first-order valence-electron chi connectivity index (χ1n) is 9.40. The maximum atomic E-state index is 11.5. The summed E-state index contributed by atoms with van der Waals surface area (Å²) in [5, 5.41) is 20.5. The largest absolute Gasteiger partial charge is 0.367 e. The summed E-state index contributed by atoms with van der Waals surface area (Å²) in [6.07, 6.45) is 0.666. The molecule has 0 saturated carbocycles. The summed E-state index contributed by atoms with van der Waals surface area (Å²) in [4.78, 5) is 14.4. The van der Waals surface area contributed by atoms with E-state index in [1.54, 1.807) is 0 Å². The number of nitrogens with zero attached hydrogens (tertiary/aromatic N) is 3. The Kier molecular flexibility index (Phi) is 7.26. The third-order valence-electron chi connectivity index (χ3n) is 4.95. The number of benzene rings is 2. The van der Waals surface area contributed by atoms with Crippen molar-refractivity contribution in [1.82, 2.24) is 4.90 Å². The molecule has 1 aliphatic heterocycles. The summed E-state index contributed by atoms with van der Waals surface area (Å²) in [5.74, 6) is -0.489. The Labute approximate surface area is 174 Å². The standard InChI is InChI=1S/C22H22N4O2S/c23-13-19(26-10-1-11-28-21(14-26)22(25)27)12-16-2-4-17(5-3-16)18-6-8-20(9-7-18)29-15-24/h2-9,19,21H,1,10-12,14H2,(H2,25,27)/t19-,21-/m0/s1. The molecule has 7 heteroatoms. The average Bonchev–Trinajstić information content (AvgIpc) is 3.00. The van der Waals surface area contributed by atoms with Crippen molar-refractivity contribution in [3.8, 4) is 22.6 Å². The predicted octanol–water partition coefficient (Wildman–Crippen LogP) is 2.94. The maximum Gasteiger partial charge on any atom is 0.247 e. The molecule has 0 spiro atoms. The zero-order chi connectivity index (χ0) is 20.6. The van der Waals surface area contributed by atoms with Crippen LogP contribution in [0.15, 0.2) is 53.4 Å². The van der Waals surface area contributed by atoms with Crippen LogP contribution in [0.25, 0.3) is 11.1 Å². The molecule has 1 saturated heterocycles. The third kappa shape index (κ3) is 5.58. The SMILES string of the molecule is N#CSc1ccc(-c2ccc(C[C@@H](C#N)N3CCCO[C@H](C(N)=O)C3)cc2)cc1. The second-order valence-electron chi connectivity index (χ2n) is 6.87. The second-order valence-corrected chi connectivity index (χ2v) is 7.73. The molecule has 2 N–H and O–H groups in total. The van der Waals surface area contributed by atoms with Crippen molar-refractivity contribution in [2.75, 3.05) is 19.7 Å². The van der Waals surface area contributed by atoms with Crippen LogP contribution in [0.5, 0.6) is 0 Å². The van der Waals surface area contributed by atoms with Crippen LogP contribution in [-0.2, 0) is 16.0 Å². The van der Waals surface area contributed by atoms with Crippen LogP contribution in [0.3, 0.4) is 0 Å². The number of amides is 1. The van der Waals surface area contributed by atoms with Crippen LogP contribution in [-0.4, -0.2) is 42.6 Å². The highest BCUT2D eigenvalue weighted by molar-refractivity contribution is 8.03. The van der Waals surface area contributed by atoms with Crippen LogP contribution in [0.2, 0.25) is 0 Å². The molecule has 2 atom stereocenters. The Balaban J connectivity index is 1.68. The van der Waals surface area contributed by atoms with Gasteiger partial charge in [-0.2, -0.15) is 10.5 Å². The van der Waals surface area contributed by atoms with E-state index in [0.717, 1.165) is 39.8 Å². The van der Waals surface area contributed by atoms with Crippen LogP contribution in [0.4, 0.5) is 0 Å². The summed E-state index contributed by atoms with van der Waals surface area (Å²) >= 11 is 1.14. The van der Waals surface area contributed by atoms with E-state index in [0.29, 0.717) is 26.1 Å². The van der Waals surface area contributed by atoms with Gasteiger partial charge in [-0.1, -0.05) is 36.4 Å². The van der Waals surface area contributed by atoms with Crippen molar-refractivity contribution < 1.29 is 9.53 Å². The lowest BCUT2D eigenvalue weighted by Gasteiger charge is -2.27. The fraction of sp³-hybridized carbons (Fsp3) is 0.318. The smallest absolute Gasteiger partial charge is 0.247 e. The van der Waals surface area contributed by atoms with Crippen LogP contribution in [0, 0.1) is 22.0 Å². The fourth-order valence-corrected chi connectivity index (χ4v) is 3.76. The topological polar surface area (TPSA) is 103 Å². The molecule has 0 aromatic heterocycles. The first-order valence-corrected chi connectivity index (χ1v) is 10.2. The number of ether oxygens (including phenoxy) is 1. The van der Waals surface area contributed by atoms with E-state index >= 15 is 0 Å². The van der Waals surface area contributed by atoms with Gasteiger partial charge in [0.2, 0.25) is 5.91 Å². The van der Waals surface area contributed by atoms with Crippen molar-refractivity contribution in [1.29, 1.82) is 10.5 Å². The van der Waals surface area contributed by atoms with E-state index in [4.69, 9.17) is 15.7 Å². The molecule has 1 fully saturated rings. The van der Waals surface area contributed by atoms with Gasteiger partial charge in [-0.3, -0.25) is 9.69 Å². The number of hydrogen-bond donors (Lipinski definition) is 1. The lowest BCUT2D eigenvalue weighted by atomic mass is 10.00. The molecule has 2 aromatic carbocycles. The highest BCUT2D eigenvalue weighted by atomic mass is 32.2. The molecule has 0 aliphatic carbocycles. The molecule has 29 heavy (non-hydrogen) atoms. The zero-order valence-corrected chi connectivity index (χ0v) is 16.8. The molecule has 1 aliphatic rings. The summed E-state index contributed by atoms with van der Waals surface area (Å²) in [6.45, 7) is 1.52. The van der Waals surface area contributed by atoms with E-state index in [1.165, 1.54) is 0 Å². The molecule has 0 bridgehead atoms. The minimum absolute atomic E-state index is 0.341. The van der Waals surface area contributed by atoms with Crippen molar-refractivity contribution in [3.63, 3.8) is 0 Å². The lowest BCUT2D eigenvalue weighted by molar-refractivity contribution is -0.129. The second kappa shape index (κ2) is 10.1. The number of thiocyanates is 1. The Morgan fingerprint density at radius 3 is 2.41 bits per heavy atom. The molecule has 6 nitrogen and oxygen atoms in total. The van der Waals surface area contributed by atoms with E-state index in [9.17, 15) is 10.1 Å². The third-order valence-corrected chi connectivity index (χ3v) is 5.55. The van der Waals surface area contributed by atoms with Gasteiger partial charge < -0.3 is 10.5 Å². The normalized spacial score (nSPS) is 18.2. The van der Waals surface area contributed by atoms with Gasteiger partial charge in [-0.25, -0.2) is 0 Å². The van der Waals surface area contributed by atoms with Crippen molar-refractivity contribution in [2.45, 2.75) is 29.9 Å². The Bertz CT molecular complexity index is 916. The van der Waals surface area contributed by atoms with Crippen LogP contribution in [0.1, 0.15) is 12.0 Å². The van der Waals surface area contributed by atoms with Crippen LogP contribution < -0.4 is 5.73 Å². The van der Waals surface area contributed by atoms with E-state index in [2.05, 4.69) is 11.5 Å². The first kappa shape index (κ1) is 20.9. The Morgan fingerprint density at radius 2 is 1.83 bits per heavy atom. The minimum atomic E-state index is -0.669. The monoisotopic (exact) mass is 406 g/mol. The highest BCUT2D eigenvalue weighted by Crippen LogP contribution is 2.24. The number of thioether (sulfide) groups is 1. The highest BCUT2D eigenvalue weighted by Gasteiger charge is 2.27. The molecular formula is C22H22N4O2S. The molecule has 1 heterocycles. The molecule has 148 valence electrons. The minimum Gasteiger partial charge on any atom is -0.367 e. The molecule has 2 aromatic rings. The number of nitriles is 2. The van der Waals surface area contributed by atoms with Crippen molar-refractivity contribution >= 4 is 17.7 Å². The molecule has 0 unspecified atom stereocenters. The van der Waals surface area contributed by atoms with Gasteiger partial charge in [0.15, 0.2) is 0 Å². The number of carbonyl (C=O) groups is 1. The summed E-state index contributed by atoms with van der Waals surface area (Å²) < 4.78 is 5.48. The van der Waals surface area contributed by atoms with Gasteiger partial charge >= 0.3 is 0 Å². The number of primary amides is 1. The fourth-order valence-electron chi connectivity index (χ4n) is 3.39. The van der Waals surface area contributed by atoms with E-state index in [1.807, 2.05) is 53.4 Å². The first-order chi connectivity index (χ1) is 14.1. The van der Waals surface area contributed by atoms with Crippen molar-refractivity contribution in [2.24, 2.45) is 5.73 Å². The maximum absolute atomic E-state index is 11.5. The quantitative estimate of drug-likeness (QED) is 0.584. The van der Waals surface area contributed by atoms with Gasteiger partial charge in [0.25, 0.3) is 0 Å². The van der Waals surface area contributed by atoms with Crippen LogP contribution >= 0.6 is 11.8 Å². The molecule has 1 amide bonds. The van der Waals surface area contributed by atoms with Crippen molar-refractivity contribution in [3.05, 3.63) is 54.1 Å². The average molecular weight is 407 g/mol. The van der Waals surface area contributed by atoms with E-state index in [-0.39, 0.29) is 6.04 Å². The van der Waals surface area contributed by atoms with E-state index < -0.39 is 12.0 Å². The summed E-state index contributed by atoms with van der Waals surface area (Å²) in [7, 11) is 0. The van der Waals surface area contributed by atoms with Gasteiger partial charge in [0.05, 0.1) is 6.07 Å². The Morgan fingerprint density at radius 1 is 1.17 bits per heavy atom. The molecule has 3 rings (SSSR count). The number of rotatable bonds is 6. The zero-order valence-electron chi connectivity index (χ0n) is 16.0. The summed E-state index contributed by atoms with van der Waals surface area (Å²) in [6, 6.07) is 18.0. The molecular weight excluding hydrogens is 384 g/mol. The Hall–Kier alpha value is -2.84. The predicted molar refractivity (Wildman–Crippen MR) is 112 cm³/mol. The van der Waals surface area contributed by atoms with Gasteiger partial charge in [0.1, 0.15) is 17.5 Å². The number of hydrogen-bond acceptors (Lipinski definition) is 6. The summed E-state index contributed by atoms with van der Waals surface area (Å²) in [5.41, 5.74) is 8.60. The molecule has 0 radical (unpaired) electrons. The van der Waals surface area contributed by atoms with Gasteiger partial charge in [-0.05, 0) is 47.0 Å². The lowest BCUT2D eigenvalue weighted by Crippen LogP contribution is -2.44. The van der Waals surface area contributed by atoms with Gasteiger partial charge in [-0.15, -0.1) is 0 Å².